The lowest BCUT2D eigenvalue weighted by Gasteiger charge is -2.13. The molecule has 4 heteroatoms. The second kappa shape index (κ2) is 7.18. The molecule has 1 saturated carbocycles. The van der Waals surface area contributed by atoms with Crippen molar-refractivity contribution in [2.24, 2.45) is 0 Å². The third kappa shape index (κ3) is 4.03. The third-order valence-corrected chi connectivity index (χ3v) is 4.06. The first-order valence-corrected chi connectivity index (χ1v) is 7.99. The van der Waals surface area contributed by atoms with Gasteiger partial charge in [0.1, 0.15) is 18.5 Å². The van der Waals surface area contributed by atoms with Crippen LogP contribution in [0.3, 0.4) is 0 Å². The minimum absolute atomic E-state index is 0.0498. The number of hydrogen-bond acceptors (Lipinski definition) is 4. The van der Waals surface area contributed by atoms with Crippen molar-refractivity contribution >= 4 is 11.7 Å². The second-order valence-corrected chi connectivity index (χ2v) is 5.84. The van der Waals surface area contributed by atoms with Crippen LogP contribution in [0.15, 0.2) is 48.5 Å². The van der Waals surface area contributed by atoms with Gasteiger partial charge in [0, 0.05) is 0 Å². The maximum Gasteiger partial charge on any atom is 0.338 e. The molecule has 2 aromatic carbocycles. The zero-order valence-corrected chi connectivity index (χ0v) is 13.0. The average Bonchev–Trinajstić information content (AvgIpc) is 3.08. The highest BCUT2D eigenvalue weighted by atomic mass is 16.5. The van der Waals surface area contributed by atoms with Crippen LogP contribution in [0.2, 0.25) is 0 Å². The Hall–Kier alpha value is -2.49. The van der Waals surface area contributed by atoms with Crippen LogP contribution in [-0.2, 0) is 11.3 Å². The van der Waals surface area contributed by atoms with Crippen molar-refractivity contribution in [1.82, 2.24) is 0 Å². The number of carbonyl (C=O) groups is 1. The van der Waals surface area contributed by atoms with Gasteiger partial charge in [-0.1, -0.05) is 30.3 Å². The lowest BCUT2D eigenvalue weighted by atomic mass is 10.2. The molecule has 0 amide bonds. The lowest BCUT2D eigenvalue weighted by molar-refractivity contribution is 0.0317. The number of rotatable bonds is 5. The highest BCUT2D eigenvalue weighted by molar-refractivity contribution is 5.90. The highest BCUT2D eigenvalue weighted by Crippen LogP contribution is 2.26. The SMILES string of the molecule is Nc1ccc(C(=O)OC2CCCC2)cc1OCc1ccccc1. The van der Waals surface area contributed by atoms with Crippen molar-refractivity contribution in [3.8, 4) is 5.75 Å². The largest absolute Gasteiger partial charge is 0.487 e. The van der Waals surface area contributed by atoms with Crippen LogP contribution in [0.5, 0.6) is 5.75 Å². The zero-order valence-electron chi connectivity index (χ0n) is 13.0. The predicted octanol–water partition coefficient (Wildman–Crippen LogP) is 3.95. The van der Waals surface area contributed by atoms with Gasteiger partial charge >= 0.3 is 5.97 Å². The summed E-state index contributed by atoms with van der Waals surface area (Å²) < 4.78 is 11.3. The number of nitrogens with two attached hydrogens (primary N) is 1. The van der Waals surface area contributed by atoms with E-state index in [1.807, 2.05) is 30.3 Å². The molecule has 4 nitrogen and oxygen atoms in total. The van der Waals surface area contributed by atoms with E-state index >= 15 is 0 Å². The number of ether oxygens (including phenoxy) is 2. The average molecular weight is 311 g/mol. The fourth-order valence-electron chi connectivity index (χ4n) is 2.75. The van der Waals surface area contributed by atoms with Crippen LogP contribution in [0.25, 0.3) is 0 Å². The smallest absolute Gasteiger partial charge is 0.338 e. The van der Waals surface area contributed by atoms with E-state index in [0.29, 0.717) is 23.6 Å². The Labute approximate surface area is 136 Å². The summed E-state index contributed by atoms with van der Waals surface area (Å²) >= 11 is 0. The molecule has 0 unspecified atom stereocenters. The van der Waals surface area contributed by atoms with Gasteiger partial charge in [0.15, 0.2) is 0 Å². The molecule has 0 radical (unpaired) electrons. The first-order chi connectivity index (χ1) is 11.2. The van der Waals surface area contributed by atoms with E-state index in [9.17, 15) is 4.79 Å². The summed E-state index contributed by atoms with van der Waals surface area (Å²) in [6, 6.07) is 14.9. The van der Waals surface area contributed by atoms with E-state index < -0.39 is 0 Å². The molecule has 0 atom stereocenters. The van der Waals surface area contributed by atoms with E-state index in [2.05, 4.69) is 0 Å². The molecule has 2 aromatic rings. The van der Waals surface area contributed by atoms with Gasteiger partial charge in [0.05, 0.1) is 11.3 Å². The molecule has 0 spiro atoms. The highest BCUT2D eigenvalue weighted by Gasteiger charge is 2.20. The van der Waals surface area contributed by atoms with Gasteiger partial charge in [-0.15, -0.1) is 0 Å². The predicted molar refractivity (Wildman–Crippen MR) is 89.3 cm³/mol. The summed E-state index contributed by atoms with van der Waals surface area (Å²) in [5, 5.41) is 0. The van der Waals surface area contributed by atoms with Gasteiger partial charge < -0.3 is 15.2 Å². The van der Waals surface area contributed by atoms with Crippen LogP contribution < -0.4 is 10.5 Å². The third-order valence-electron chi connectivity index (χ3n) is 4.06. The maximum atomic E-state index is 12.2. The second-order valence-electron chi connectivity index (χ2n) is 5.84. The van der Waals surface area contributed by atoms with Gasteiger partial charge in [-0.2, -0.15) is 0 Å². The number of esters is 1. The number of anilines is 1. The van der Waals surface area contributed by atoms with Crippen molar-refractivity contribution in [3.63, 3.8) is 0 Å². The first kappa shape index (κ1) is 15.4. The van der Waals surface area contributed by atoms with E-state index in [0.717, 1.165) is 31.2 Å². The summed E-state index contributed by atoms with van der Waals surface area (Å²) in [5.74, 6) is 0.205. The molecular weight excluding hydrogens is 290 g/mol. The van der Waals surface area contributed by atoms with Gasteiger partial charge in [0.2, 0.25) is 0 Å². The standard InChI is InChI=1S/C19H21NO3/c20-17-11-10-15(19(21)23-16-8-4-5-9-16)12-18(17)22-13-14-6-2-1-3-7-14/h1-3,6-7,10-12,16H,4-5,8-9,13,20H2. The van der Waals surface area contributed by atoms with E-state index in [-0.39, 0.29) is 12.1 Å². The Morgan fingerprint density at radius 1 is 1.09 bits per heavy atom. The van der Waals surface area contributed by atoms with E-state index in [1.165, 1.54) is 0 Å². The lowest BCUT2D eigenvalue weighted by Crippen LogP contribution is -2.15. The summed E-state index contributed by atoms with van der Waals surface area (Å²) in [5.41, 5.74) is 7.98. The fourth-order valence-corrected chi connectivity index (χ4v) is 2.75. The van der Waals surface area contributed by atoms with Gasteiger partial charge in [-0.05, 0) is 49.4 Å². The van der Waals surface area contributed by atoms with Crippen molar-refractivity contribution in [1.29, 1.82) is 0 Å². The normalized spacial score (nSPS) is 14.6. The number of benzene rings is 2. The van der Waals surface area contributed by atoms with Crippen LogP contribution in [-0.4, -0.2) is 12.1 Å². The van der Waals surface area contributed by atoms with Gasteiger partial charge in [-0.3, -0.25) is 0 Å². The molecule has 1 fully saturated rings. The quantitative estimate of drug-likeness (QED) is 0.671. The Balaban J connectivity index is 1.67. The van der Waals surface area contributed by atoms with Crippen molar-refractivity contribution < 1.29 is 14.3 Å². The van der Waals surface area contributed by atoms with Gasteiger partial charge in [-0.25, -0.2) is 4.79 Å². The Bertz CT molecular complexity index is 664. The molecule has 2 N–H and O–H groups in total. The molecule has 0 aromatic heterocycles. The summed E-state index contributed by atoms with van der Waals surface area (Å²) in [4.78, 5) is 12.2. The number of carbonyl (C=O) groups excluding carboxylic acids is 1. The van der Waals surface area contributed by atoms with Crippen molar-refractivity contribution in [2.75, 3.05) is 5.73 Å². The molecule has 0 saturated heterocycles. The van der Waals surface area contributed by atoms with E-state index in [1.54, 1.807) is 18.2 Å². The molecule has 1 aliphatic carbocycles. The number of nitrogen functional groups attached to an aromatic ring is 1. The van der Waals surface area contributed by atoms with Crippen LogP contribution in [0.4, 0.5) is 5.69 Å². The molecule has 23 heavy (non-hydrogen) atoms. The van der Waals surface area contributed by atoms with Crippen LogP contribution >= 0.6 is 0 Å². The molecule has 3 rings (SSSR count). The summed E-state index contributed by atoms with van der Waals surface area (Å²) in [6.45, 7) is 0.409. The molecule has 0 aliphatic heterocycles. The number of hydrogen-bond donors (Lipinski definition) is 1. The Morgan fingerprint density at radius 3 is 2.57 bits per heavy atom. The van der Waals surface area contributed by atoms with Crippen molar-refractivity contribution in [2.45, 2.75) is 38.4 Å². The fraction of sp³-hybridized carbons (Fsp3) is 0.316. The van der Waals surface area contributed by atoms with Crippen LogP contribution in [0.1, 0.15) is 41.6 Å². The first-order valence-electron chi connectivity index (χ1n) is 7.99. The maximum absolute atomic E-state index is 12.2. The topological polar surface area (TPSA) is 61.6 Å². The van der Waals surface area contributed by atoms with Crippen molar-refractivity contribution in [3.05, 3.63) is 59.7 Å². The molecule has 120 valence electrons. The minimum atomic E-state index is -0.304. The molecule has 1 aliphatic rings. The Morgan fingerprint density at radius 2 is 1.83 bits per heavy atom. The van der Waals surface area contributed by atoms with Crippen LogP contribution in [0, 0.1) is 0 Å². The zero-order chi connectivity index (χ0) is 16.1. The minimum Gasteiger partial charge on any atom is -0.487 e. The molecule has 0 heterocycles. The summed E-state index contributed by atoms with van der Waals surface area (Å²) in [6.07, 6.45) is 4.22. The van der Waals surface area contributed by atoms with E-state index in [4.69, 9.17) is 15.2 Å². The Kier molecular flexibility index (Phi) is 4.81. The molecular formula is C19H21NO3. The monoisotopic (exact) mass is 311 g/mol. The van der Waals surface area contributed by atoms with Gasteiger partial charge in [0.25, 0.3) is 0 Å². The summed E-state index contributed by atoms with van der Waals surface area (Å²) in [7, 11) is 0. The molecule has 0 bridgehead atoms.